The summed E-state index contributed by atoms with van der Waals surface area (Å²) in [5.41, 5.74) is 0. The molecule has 0 saturated carbocycles. The van der Waals surface area contributed by atoms with Gasteiger partial charge in [-0.3, -0.25) is 9.63 Å². The average molecular weight is 344 g/mol. The summed E-state index contributed by atoms with van der Waals surface area (Å²) in [5, 5.41) is 9.35. The maximum atomic E-state index is 12.0. The van der Waals surface area contributed by atoms with Crippen molar-refractivity contribution in [2.24, 2.45) is 22.2 Å². The van der Waals surface area contributed by atoms with Crippen LogP contribution in [0.15, 0.2) is 10.4 Å². The fourth-order valence-electron chi connectivity index (χ4n) is 2.85. The van der Waals surface area contributed by atoms with E-state index in [1.54, 1.807) is 6.92 Å². The van der Waals surface area contributed by atoms with Crippen LogP contribution in [0.4, 0.5) is 0 Å². The molecule has 138 valence electrons. The number of nitroso groups, excluding NO2 is 2. The normalized spacial score (nSPS) is 34.5. The van der Waals surface area contributed by atoms with Gasteiger partial charge in [-0.2, -0.15) is 9.81 Å². The zero-order valence-corrected chi connectivity index (χ0v) is 14.3. The summed E-state index contributed by atoms with van der Waals surface area (Å²) in [7, 11) is 0. The topological polar surface area (TPSA) is 132 Å². The molecule has 0 aromatic rings. The second-order valence-corrected chi connectivity index (χ2v) is 6.38. The molecule has 1 aliphatic rings. The quantitative estimate of drug-likeness (QED) is 0.451. The second kappa shape index (κ2) is 11.2. The second-order valence-electron chi connectivity index (χ2n) is 6.38. The molecule has 0 aromatic carbocycles. The van der Waals surface area contributed by atoms with E-state index in [0.717, 1.165) is 12.8 Å². The van der Waals surface area contributed by atoms with Gasteiger partial charge < -0.3 is 10.1 Å². The van der Waals surface area contributed by atoms with Gasteiger partial charge in [0.05, 0.1) is 12.0 Å². The lowest BCUT2D eigenvalue weighted by Crippen LogP contribution is -2.48. The van der Waals surface area contributed by atoms with E-state index >= 15 is 0 Å². The van der Waals surface area contributed by atoms with Gasteiger partial charge in [-0.1, -0.05) is 23.7 Å². The zero-order valence-electron chi connectivity index (χ0n) is 14.3. The van der Waals surface area contributed by atoms with Crippen molar-refractivity contribution in [3.05, 3.63) is 9.81 Å². The van der Waals surface area contributed by atoms with Crippen LogP contribution in [-0.2, 0) is 14.4 Å². The highest BCUT2D eigenvalue weighted by Gasteiger charge is 2.30. The number of cyclic esters (lactones) is 1. The Kier molecular flexibility index (Phi) is 9.58. The molecular formula is C15H28N4O5. The minimum atomic E-state index is -0.886. The Morgan fingerprint density at radius 3 is 2.50 bits per heavy atom. The summed E-state index contributed by atoms with van der Waals surface area (Å²) in [4.78, 5) is 38.9. The minimum absolute atomic E-state index is 0.168. The molecule has 0 spiro atoms. The number of nitrogens with zero attached hydrogens (tertiary/aromatic N) is 2. The van der Waals surface area contributed by atoms with E-state index in [9.17, 15) is 14.6 Å². The van der Waals surface area contributed by atoms with Gasteiger partial charge in [0.15, 0.2) is 6.04 Å². The summed E-state index contributed by atoms with van der Waals surface area (Å²) >= 11 is 0. The molecule has 0 aromatic heterocycles. The van der Waals surface area contributed by atoms with E-state index < -0.39 is 18.1 Å². The van der Waals surface area contributed by atoms with Gasteiger partial charge in [-0.25, -0.2) is 5.90 Å². The van der Waals surface area contributed by atoms with E-state index in [-0.39, 0.29) is 24.6 Å². The van der Waals surface area contributed by atoms with Crippen molar-refractivity contribution in [1.82, 2.24) is 5.32 Å². The smallest absolute Gasteiger partial charge is 0.308 e. The number of carbonyl (C=O) groups excluding carboxylic acids is 1. The molecule has 5 atom stereocenters. The van der Waals surface area contributed by atoms with Crippen LogP contribution in [0.2, 0.25) is 0 Å². The summed E-state index contributed by atoms with van der Waals surface area (Å²) in [6, 6.07) is -1.40. The van der Waals surface area contributed by atoms with Gasteiger partial charge in [0.25, 0.3) is 0 Å². The Labute approximate surface area is 141 Å². The molecule has 1 rings (SSSR count). The van der Waals surface area contributed by atoms with Crippen molar-refractivity contribution >= 4 is 5.97 Å². The first-order valence-corrected chi connectivity index (χ1v) is 8.44. The lowest BCUT2D eigenvalue weighted by molar-refractivity contribution is -0.150. The SMILES string of the molecule is C[C@@H]1CCC[C@H](N=O)CCCN[C@H](C)[C@@H](ON)[C@H](N=O)COC1=O. The molecule has 0 bridgehead atoms. The van der Waals surface area contributed by atoms with E-state index in [4.69, 9.17) is 15.5 Å². The predicted molar refractivity (Wildman–Crippen MR) is 88.9 cm³/mol. The van der Waals surface area contributed by atoms with E-state index in [1.807, 2.05) is 6.92 Å². The van der Waals surface area contributed by atoms with Crippen molar-refractivity contribution in [1.29, 1.82) is 0 Å². The van der Waals surface area contributed by atoms with E-state index in [1.165, 1.54) is 0 Å². The number of esters is 1. The molecule has 9 nitrogen and oxygen atoms in total. The predicted octanol–water partition coefficient (Wildman–Crippen LogP) is 1.64. The van der Waals surface area contributed by atoms with E-state index in [0.29, 0.717) is 25.8 Å². The van der Waals surface area contributed by atoms with Crippen LogP contribution in [0.25, 0.3) is 0 Å². The largest absolute Gasteiger partial charge is 0.463 e. The molecule has 24 heavy (non-hydrogen) atoms. The number of nitrogens with one attached hydrogen (secondary N) is 1. The number of carbonyl (C=O) groups is 1. The molecular weight excluding hydrogens is 316 g/mol. The van der Waals surface area contributed by atoms with Crippen LogP contribution in [-0.4, -0.2) is 43.4 Å². The lowest BCUT2D eigenvalue weighted by atomic mass is 9.99. The molecule has 1 heterocycles. The molecule has 0 radical (unpaired) electrons. The van der Waals surface area contributed by atoms with Gasteiger partial charge in [0.2, 0.25) is 0 Å². The van der Waals surface area contributed by atoms with Crippen LogP contribution >= 0.6 is 0 Å². The van der Waals surface area contributed by atoms with Crippen LogP contribution in [0.3, 0.4) is 0 Å². The van der Waals surface area contributed by atoms with Crippen molar-refractivity contribution in [3.8, 4) is 0 Å². The van der Waals surface area contributed by atoms with Crippen LogP contribution in [0.5, 0.6) is 0 Å². The number of rotatable bonds is 3. The Morgan fingerprint density at radius 2 is 1.88 bits per heavy atom. The molecule has 3 N–H and O–H groups in total. The number of ether oxygens (including phenoxy) is 1. The third-order valence-corrected chi connectivity index (χ3v) is 4.47. The fourth-order valence-corrected chi connectivity index (χ4v) is 2.85. The highest BCUT2D eigenvalue weighted by molar-refractivity contribution is 5.71. The first-order valence-electron chi connectivity index (χ1n) is 8.44. The van der Waals surface area contributed by atoms with Gasteiger partial charge in [0, 0.05) is 6.04 Å². The van der Waals surface area contributed by atoms with Crippen molar-refractivity contribution in [3.63, 3.8) is 0 Å². The highest BCUT2D eigenvalue weighted by Crippen LogP contribution is 2.17. The molecule has 1 fully saturated rings. The highest BCUT2D eigenvalue weighted by atomic mass is 16.6. The Hall–Kier alpha value is -1.45. The maximum absolute atomic E-state index is 12.0. The van der Waals surface area contributed by atoms with Gasteiger partial charge in [-0.05, 0) is 39.2 Å². The minimum Gasteiger partial charge on any atom is -0.463 e. The van der Waals surface area contributed by atoms with Crippen LogP contribution in [0.1, 0.15) is 46.0 Å². The lowest BCUT2D eigenvalue weighted by Gasteiger charge is -2.26. The summed E-state index contributed by atoms with van der Waals surface area (Å²) in [5.74, 6) is 4.58. The third kappa shape index (κ3) is 6.58. The molecule has 0 aliphatic carbocycles. The molecule has 1 saturated heterocycles. The van der Waals surface area contributed by atoms with Gasteiger partial charge in [0.1, 0.15) is 12.7 Å². The Morgan fingerprint density at radius 1 is 1.17 bits per heavy atom. The summed E-state index contributed by atoms with van der Waals surface area (Å²) in [6.45, 7) is 4.04. The summed E-state index contributed by atoms with van der Waals surface area (Å²) in [6.07, 6.45) is 2.71. The number of hydrogen-bond acceptors (Lipinski definition) is 9. The van der Waals surface area contributed by atoms with Crippen molar-refractivity contribution < 1.29 is 14.4 Å². The molecule has 9 heteroatoms. The third-order valence-electron chi connectivity index (χ3n) is 4.47. The Balaban J connectivity index is 2.78. The standard InChI is InChI=1S/C15H28N4O5/c1-10-5-3-6-12(18-21)7-4-8-17-11(2)14(24-16)13(19-22)9-23-15(10)20/h10-14,17H,3-9,16H2,1-2H3/t10-,11-,12+,13-,14-/m1/s1. The number of hydrogen-bond donors (Lipinski definition) is 2. The molecule has 0 unspecified atom stereocenters. The average Bonchev–Trinajstić information content (AvgIpc) is 2.59. The monoisotopic (exact) mass is 344 g/mol. The fraction of sp³-hybridized carbons (Fsp3) is 0.933. The first kappa shape index (κ1) is 20.6. The van der Waals surface area contributed by atoms with Gasteiger partial charge >= 0.3 is 5.97 Å². The van der Waals surface area contributed by atoms with Crippen LogP contribution in [0, 0.1) is 15.7 Å². The van der Waals surface area contributed by atoms with Crippen molar-refractivity contribution in [2.75, 3.05) is 13.2 Å². The summed E-state index contributed by atoms with van der Waals surface area (Å²) < 4.78 is 5.19. The van der Waals surface area contributed by atoms with Crippen LogP contribution < -0.4 is 11.2 Å². The zero-order chi connectivity index (χ0) is 17.9. The molecule has 1 aliphatic heterocycles. The molecule has 0 amide bonds. The van der Waals surface area contributed by atoms with Gasteiger partial charge in [-0.15, -0.1) is 0 Å². The first-order chi connectivity index (χ1) is 11.5. The Bertz CT molecular complexity index is 409. The number of nitrogens with two attached hydrogens (primary N) is 1. The maximum Gasteiger partial charge on any atom is 0.308 e. The van der Waals surface area contributed by atoms with E-state index in [2.05, 4.69) is 15.7 Å². The van der Waals surface area contributed by atoms with Crippen molar-refractivity contribution in [2.45, 2.75) is 70.2 Å².